The van der Waals surface area contributed by atoms with Crippen LogP contribution in [0.5, 0.6) is 0 Å². The minimum atomic E-state index is 0.548. The van der Waals surface area contributed by atoms with Crippen molar-refractivity contribution in [2.24, 2.45) is 0 Å². The number of nitrogens with zero attached hydrogens (tertiary/aromatic N) is 2. The molecular formula is C15H13N3. The average molecular weight is 235 g/mol. The molecular weight excluding hydrogens is 222 g/mol. The molecule has 3 aromatic rings. The molecule has 0 spiro atoms. The number of fused-ring (bicyclic) bond motifs is 1. The largest absolute Gasteiger partial charge is 0.383 e. The van der Waals surface area contributed by atoms with E-state index in [1.807, 2.05) is 55.5 Å². The van der Waals surface area contributed by atoms with Crippen LogP contribution in [0.15, 0.2) is 48.5 Å². The summed E-state index contributed by atoms with van der Waals surface area (Å²) in [6.07, 6.45) is 0. The zero-order valence-electron chi connectivity index (χ0n) is 10.1. The van der Waals surface area contributed by atoms with Crippen molar-refractivity contribution in [1.29, 1.82) is 0 Å². The van der Waals surface area contributed by atoms with Crippen LogP contribution in [0, 0.1) is 6.92 Å². The second kappa shape index (κ2) is 4.11. The third-order valence-electron chi connectivity index (χ3n) is 2.92. The Morgan fingerprint density at radius 1 is 0.889 bits per heavy atom. The molecule has 0 radical (unpaired) electrons. The summed E-state index contributed by atoms with van der Waals surface area (Å²) in [5.74, 6) is 0.548. The van der Waals surface area contributed by atoms with Crippen molar-refractivity contribution in [3.63, 3.8) is 0 Å². The highest BCUT2D eigenvalue weighted by atomic mass is 14.9. The smallest absolute Gasteiger partial charge is 0.132 e. The van der Waals surface area contributed by atoms with Crippen molar-refractivity contribution in [2.75, 3.05) is 5.73 Å². The zero-order valence-corrected chi connectivity index (χ0v) is 10.1. The van der Waals surface area contributed by atoms with Crippen molar-refractivity contribution >= 4 is 16.6 Å². The van der Waals surface area contributed by atoms with Gasteiger partial charge in [0, 0.05) is 11.1 Å². The Hall–Kier alpha value is -2.42. The number of benzene rings is 1. The molecule has 18 heavy (non-hydrogen) atoms. The molecule has 3 rings (SSSR count). The Kier molecular flexibility index (Phi) is 2.45. The van der Waals surface area contributed by atoms with E-state index in [2.05, 4.69) is 9.97 Å². The molecule has 0 fully saturated rings. The van der Waals surface area contributed by atoms with Gasteiger partial charge in [-0.05, 0) is 30.5 Å². The maximum Gasteiger partial charge on any atom is 0.132 e. The molecule has 2 heterocycles. The van der Waals surface area contributed by atoms with Gasteiger partial charge in [0.15, 0.2) is 0 Å². The van der Waals surface area contributed by atoms with E-state index in [0.717, 1.165) is 27.9 Å². The molecule has 88 valence electrons. The van der Waals surface area contributed by atoms with Crippen LogP contribution in [0.25, 0.3) is 22.2 Å². The van der Waals surface area contributed by atoms with Gasteiger partial charge >= 0.3 is 0 Å². The Bertz CT molecular complexity index is 720. The van der Waals surface area contributed by atoms with Gasteiger partial charge in [0.05, 0.1) is 11.4 Å². The van der Waals surface area contributed by atoms with Crippen molar-refractivity contribution in [1.82, 2.24) is 9.97 Å². The number of pyridine rings is 2. The minimum absolute atomic E-state index is 0.548. The minimum Gasteiger partial charge on any atom is -0.383 e. The van der Waals surface area contributed by atoms with Crippen LogP contribution in [0.3, 0.4) is 0 Å². The van der Waals surface area contributed by atoms with Gasteiger partial charge < -0.3 is 5.73 Å². The number of nitrogen functional groups attached to an aromatic ring is 1. The van der Waals surface area contributed by atoms with Gasteiger partial charge in [0.2, 0.25) is 0 Å². The highest BCUT2D eigenvalue weighted by Crippen LogP contribution is 2.24. The highest BCUT2D eigenvalue weighted by Gasteiger charge is 2.06. The number of anilines is 1. The molecule has 2 N–H and O–H groups in total. The number of aryl methyl sites for hydroxylation is 1. The van der Waals surface area contributed by atoms with Crippen LogP contribution in [0.1, 0.15) is 5.69 Å². The van der Waals surface area contributed by atoms with Gasteiger partial charge in [-0.2, -0.15) is 0 Å². The van der Waals surface area contributed by atoms with Crippen molar-refractivity contribution in [2.45, 2.75) is 6.92 Å². The van der Waals surface area contributed by atoms with Gasteiger partial charge in [0.25, 0.3) is 0 Å². The van der Waals surface area contributed by atoms with E-state index in [9.17, 15) is 0 Å². The third-order valence-corrected chi connectivity index (χ3v) is 2.92. The molecule has 3 nitrogen and oxygen atoms in total. The van der Waals surface area contributed by atoms with Gasteiger partial charge in [-0.1, -0.05) is 30.3 Å². The van der Waals surface area contributed by atoms with Gasteiger partial charge in [-0.25, -0.2) is 4.98 Å². The maximum atomic E-state index is 5.99. The zero-order chi connectivity index (χ0) is 12.5. The molecule has 3 heteroatoms. The van der Waals surface area contributed by atoms with Crippen molar-refractivity contribution in [3.05, 3.63) is 54.2 Å². The van der Waals surface area contributed by atoms with Crippen LogP contribution in [-0.2, 0) is 0 Å². The van der Waals surface area contributed by atoms with E-state index >= 15 is 0 Å². The lowest BCUT2D eigenvalue weighted by atomic mass is 10.1. The van der Waals surface area contributed by atoms with E-state index in [0.29, 0.717) is 5.82 Å². The summed E-state index contributed by atoms with van der Waals surface area (Å²) in [6, 6.07) is 15.9. The number of hydrogen-bond donors (Lipinski definition) is 1. The third kappa shape index (κ3) is 1.80. The van der Waals surface area contributed by atoms with E-state index in [-0.39, 0.29) is 0 Å². The molecule has 2 aromatic heterocycles. The van der Waals surface area contributed by atoms with Crippen molar-refractivity contribution in [3.8, 4) is 11.4 Å². The number of hydrogen-bond acceptors (Lipinski definition) is 3. The summed E-state index contributed by atoms with van der Waals surface area (Å²) in [4.78, 5) is 8.90. The summed E-state index contributed by atoms with van der Waals surface area (Å²) in [5.41, 5.74) is 8.64. The molecule has 0 bridgehead atoms. The predicted octanol–water partition coefficient (Wildman–Crippen LogP) is 3.19. The van der Waals surface area contributed by atoms with Crippen molar-refractivity contribution < 1.29 is 0 Å². The normalized spacial score (nSPS) is 10.7. The molecule has 0 atom stereocenters. The lowest BCUT2D eigenvalue weighted by Gasteiger charge is -2.06. The van der Waals surface area contributed by atoms with Crippen LogP contribution in [0.4, 0.5) is 5.82 Å². The van der Waals surface area contributed by atoms with E-state index < -0.39 is 0 Å². The summed E-state index contributed by atoms with van der Waals surface area (Å²) in [7, 11) is 0. The summed E-state index contributed by atoms with van der Waals surface area (Å²) >= 11 is 0. The first-order valence-corrected chi connectivity index (χ1v) is 5.83. The Balaban J connectivity index is 2.24. The monoisotopic (exact) mass is 235 g/mol. The first-order chi connectivity index (χ1) is 8.74. The Labute approximate surface area is 105 Å². The number of nitrogens with two attached hydrogens (primary N) is 1. The number of aromatic nitrogens is 2. The van der Waals surface area contributed by atoms with E-state index in [4.69, 9.17) is 5.73 Å². The standard InChI is InChI=1S/C15H13N3/c1-10-5-4-8-13(17-10)14-9-11-6-2-3-7-12(11)15(16)18-14/h2-9H,1H3,(H2,16,18). The van der Waals surface area contributed by atoms with E-state index in [1.165, 1.54) is 0 Å². The quantitative estimate of drug-likeness (QED) is 0.704. The molecule has 0 unspecified atom stereocenters. The fourth-order valence-electron chi connectivity index (χ4n) is 2.04. The number of rotatable bonds is 1. The van der Waals surface area contributed by atoms with Crippen LogP contribution in [0.2, 0.25) is 0 Å². The molecule has 0 saturated carbocycles. The van der Waals surface area contributed by atoms with Crippen LogP contribution < -0.4 is 5.73 Å². The molecule has 0 amide bonds. The maximum absolute atomic E-state index is 5.99. The van der Waals surface area contributed by atoms with Gasteiger partial charge in [-0.3, -0.25) is 4.98 Å². The summed E-state index contributed by atoms with van der Waals surface area (Å²) in [6.45, 7) is 1.97. The first kappa shape index (κ1) is 10.7. The highest BCUT2D eigenvalue weighted by molar-refractivity contribution is 5.93. The second-order valence-electron chi connectivity index (χ2n) is 4.28. The van der Waals surface area contributed by atoms with Crippen LogP contribution >= 0.6 is 0 Å². The Morgan fingerprint density at radius 3 is 2.56 bits per heavy atom. The molecule has 0 saturated heterocycles. The predicted molar refractivity (Wildman–Crippen MR) is 74.1 cm³/mol. The molecule has 0 aliphatic rings. The lowest BCUT2D eigenvalue weighted by molar-refractivity contribution is 1.18. The average Bonchev–Trinajstić information content (AvgIpc) is 2.39. The van der Waals surface area contributed by atoms with Gasteiger partial charge in [0.1, 0.15) is 5.82 Å². The molecule has 0 aliphatic heterocycles. The SMILES string of the molecule is Cc1cccc(-c2cc3ccccc3c(N)n2)n1. The van der Waals surface area contributed by atoms with E-state index in [1.54, 1.807) is 0 Å². The second-order valence-corrected chi connectivity index (χ2v) is 4.28. The summed E-state index contributed by atoms with van der Waals surface area (Å²) in [5, 5.41) is 2.07. The first-order valence-electron chi connectivity index (χ1n) is 5.83. The topological polar surface area (TPSA) is 51.8 Å². The lowest BCUT2D eigenvalue weighted by Crippen LogP contribution is -1.96. The van der Waals surface area contributed by atoms with Gasteiger partial charge in [-0.15, -0.1) is 0 Å². The molecule has 1 aromatic carbocycles. The Morgan fingerprint density at radius 2 is 1.72 bits per heavy atom. The fourth-order valence-corrected chi connectivity index (χ4v) is 2.04. The summed E-state index contributed by atoms with van der Waals surface area (Å²) < 4.78 is 0. The molecule has 0 aliphatic carbocycles. The fraction of sp³-hybridized carbons (Fsp3) is 0.0667. The van der Waals surface area contributed by atoms with Crippen LogP contribution in [-0.4, -0.2) is 9.97 Å².